The predicted octanol–water partition coefficient (Wildman–Crippen LogP) is 3.67. The van der Waals surface area contributed by atoms with Gasteiger partial charge in [0.05, 0.1) is 23.9 Å². The Hall–Kier alpha value is -4.09. The van der Waals surface area contributed by atoms with Crippen LogP contribution in [0.3, 0.4) is 0 Å². The molecule has 0 radical (unpaired) electrons. The lowest BCUT2D eigenvalue weighted by molar-refractivity contribution is -0.129. The fraction of sp³-hybridized carbons (Fsp3) is 0.481. The lowest BCUT2D eigenvalue weighted by atomic mass is 9.88. The number of nitrogens with zero attached hydrogens (tertiary/aromatic N) is 5. The van der Waals surface area contributed by atoms with E-state index in [1.165, 1.54) is 18.7 Å². The molecule has 3 aromatic rings. The molecule has 1 atom stereocenters. The summed E-state index contributed by atoms with van der Waals surface area (Å²) in [4.78, 5) is 52.1. The van der Waals surface area contributed by atoms with Crippen molar-refractivity contribution in [2.24, 2.45) is 5.41 Å². The van der Waals surface area contributed by atoms with Crippen LogP contribution in [-0.2, 0) is 16.1 Å². The molecule has 1 aliphatic carbocycles. The molecule has 5 rings (SSSR count). The Balaban J connectivity index is 1.45. The van der Waals surface area contributed by atoms with Gasteiger partial charge in [0.2, 0.25) is 5.91 Å². The number of nitrogens with one attached hydrogen (secondary N) is 2. The second-order valence-corrected chi connectivity index (χ2v) is 11.5. The third kappa shape index (κ3) is 5.55. The Labute approximate surface area is 225 Å². The van der Waals surface area contributed by atoms with Gasteiger partial charge in [0.1, 0.15) is 17.7 Å². The normalized spacial score (nSPS) is 19.3. The van der Waals surface area contributed by atoms with Gasteiger partial charge in [0.25, 0.3) is 0 Å². The molecule has 1 aliphatic heterocycles. The van der Waals surface area contributed by atoms with Crippen LogP contribution in [0, 0.1) is 11.2 Å². The Morgan fingerprint density at radius 1 is 1.23 bits per heavy atom. The number of benzene rings is 1. The topological polar surface area (TPSA) is 131 Å². The fourth-order valence-electron chi connectivity index (χ4n) is 4.81. The van der Waals surface area contributed by atoms with Crippen LogP contribution < -0.4 is 15.5 Å². The van der Waals surface area contributed by atoms with Crippen molar-refractivity contribution in [1.29, 1.82) is 0 Å². The number of anilines is 2. The van der Waals surface area contributed by atoms with Gasteiger partial charge in [-0.1, -0.05) is 0 Å². The molecule has 0 bridgehead atoms. The number of rotatable bonds is 7. The van der Waals surface area contributed by atoms with Gasteiger partial charge in [-0.2, -0.15) is 0 Å². The van der Waals surface area contributed by atoms with Crippen LogP contribution in [0.4, 0.5) is 20.7 Å². The number of fused-ring (bicyclic) bond motifs is 1. The third-order valence-corrected chi connectivity index (χ3v) is 7.02. The molecule has 2 aromatic heterocycles. The summed E-state index contributed by atoms with van der Waals surface area (Å²) in [6.07, 6.45) is 5.26. The highest BCUT2D eigenvalue weighted by Gasteiger charge is 2.42. The van der Waals surface area contributed by atoms with Gasteiger partial charge in [-0.15, -0.1) is 0 Å². The molecule has 206 valence electrons. The number of imidazole rings is 1. The number of halogens is 1. The number of carbonyl (C=O) groups is 3. The molecule has 2 aliphatic rings. The lowest BCUT2D eigenvalue weighted by Crippen LogP contribution is -2.42. The van der Waals surface area contributed by atoms with Gasteiger partial charge in [-0.3, -0.25) is 14.9 Å². The Morgan fingerprint density at radius 3 is 2.69 bits per heavy atom. The standard InChI is InChI=1S/C27H32FN7O4/c1-26(2,3)39-25(38)33-22-21-23(30-14-29-22)35(15-31-21)11-17-18(12-36)19(28)7-8-20(17)34-10-9-27(4,13-34)24(37)32-16-5-6-16/h7-8,12,14-16H,5-6,9-11,13H2,1-4H3,(H,32,37)(H,29,30,33,38)/t27-/m0/s1. The summed E-state index contributed by atoms with van der Waals surface area (Å²) in [5.74, 6) is -0.447. The van der Waals surface area contributed by atoms with Gasteiger partial charge < -0.3 is 19.5 Å². The van der Waals surface area contributed by atoms with Gasteiger partial charge in [0.15, 0.2) is 23.3 Å². The molecule has 2 amide bonds. The number of aldehydes is 1. The molecule has 39 heavy (non-hydrogen) atoms. The van der Waals surface area contributed by atoms with Crippen LogP contribution in [-0.4, -0.2) is 62.5 Å². The minimum atomic E-state index is -0.696. The largest absolute Gasteiger partial charge is 0.444 e. The Morgan fingerprint density at radius 2 is 2.00 bits per heavy atom. The van der Waals surface area contributed by atoms with Gasteiger partial charge in [-0.25, -0.2) is 24.1 Å². The second kappa shape index (κ2) is 9.90. The molecular weight excluding hydrogens is 505 g/mol. The van der Waals surface area contributed by atoms with Crippen molar-refractivity contribution < 1.29 is 23.5 Å². The van der Waals surface area contributed by atoms with E-state index >= 15 is 0 Å². The molecule has 0 spiro atoms. The molecular formula is C27H32FN7O4. The number of ether oxygens (including phenoxy) is 1. The first-order valence-corrected chi connectivity index (χ1v) is 13.0. The van der Waals surface area contributed by atoms with E-state index in [0.29, 0.717) is 48.2 Å². The maximum atomic E-state index is 14.8. The van der Waals surface area contributed by atoms with E-state index in [-0.39, 0.29) is 29.9 Å². The van der Waals surface area contributed by atoms with Crippen LogP contribution >= 0.6 is 0 Å². The number of hydrogen-bond donors (Lipinski definition) is 2. The minimum absolute atomic E-state index is 0.0223. The van der Waals surface area contributed by atoms with Crippen molar-refractivity contribution in [3.8, 4) is 0 Å². The molecule has 1 saturated heterocycles. The van der Waals surface area contributed by atoms with Crippen molar-refractivity contribution in [1.82, 2.24) is 24.8 Å². The highest BCUT2D eigenvalue weighted by Crippen LogP contribution is 2.37. The first-order chi connectivity index (χ1) is 18.5. The summed E-state index contributed by atoms with van der Waals surface area (Å²) in [6.45, 7) is 8.30. The average Bonchev–Trinajstić information content (AvgIpc) is 3.44. The highest BCUT2D eigenvalue weighted by atomic mass is 19.1. The SMILES string of the molecule is CC(C)(C)OC(=O)Nc1ncnc2c1ncn2Cc1c(N2CC[C@](C)(C(=O)NC3CC3)C2)ccc(F)c1C=O. The van der Waals surface area contributed by atoms with Crippen molar-refractivity contribution in [2.45, 2.75) is 65.1 Å². The Kier molecular flexibility index (Phi) is 6.73. The quantitative estimate of drug-likeness (QED) is 0.437. The molecule has 12 heteroatoms. The summed E-state index contributed by atoms with van der Waals surface area (Å²) in [6, 6.07) is 3.18. The molecule has 2 fully saturated rings. The van der Waals surface area contributed by atoms with Crippen LogP contribution in [0.1, 0.15) is 62.9 Å². The lowest BCUT2D eigenvalue weighted by Gasteiger charge is -2.27. The summed E-state index contributed by atoms with van der Waals surface area (Å²) < 4.78 is 21.8. The van der Waals surface area contributed by atoms with Crippen LogP contribution in [0.5, 0.6) is 0 Å². The maximum absolute atomic E-state index is 14.8. The van der Waals surface area contributed by atoms with Crippen molar-refractivity contribution in [3.05, 3.63) is 41.7 Å². The van der Waals surface area contributed by atoms with Crippen molar-refractivity contribution in [2.75, 3.05) is 23.3 Å². The summed E-state index contributed by atoms with van der Waals surface area (Å²) in [7, 11) is 0. The van der Waals surface area contributed by atoms with E-state index < -0.39 is 22.9 Å². The fourth-order valence-corrected chi connectivity index (χ4v) is 4.81. The zero-order valence-electron chi connectivity index (χ0n) is 22.5. The van der Waals surface area contributed by atoms with E-state index in [2.05, 4.69) is 25.6 Å². The smallest absolute Gasteiger partial charge is 0.413 e. The van der Waals surface area contributed by atoms with Gasteiger partial charge >= 0.3 is 6.09 Å². The van der Waals surface area contributed by atoms with Crippen LogP contribution in [0.2, 0.25) is 0 Å². The van der Waals surface area contributed by atoms with Crippen LogP contribution in [0.25, 0.3) is 11.2 Å². The van der Waals surface area contributed by atoms with Crippen molar-refractivity contribution in [3.63, 3.8) is 0 Å². The zero-order chi connectivity index (χ0) is 27.9. The summed E-state index contributed by atoms with van der Waals surface area (Å²) >= 11 is 0. The third-order valence-electron chi connectivity index (χ3n) is 7.02. The van der Waals surface area contributed by atoms with E-state index in [0.717, 1.165) is 12.8 Å². The first kappa shape index (κ1) is 26.5. The maximum Gasteiger partial charge on any atom is 0.413 e. The predicted molar refractivity (Wildman–Crippen MR) is 142 cm³/mol. The summed E-state index contributed by atoms with van der Waals surface area (Å²) in [5, 5.41) is 5.69. The molecule has 3 heterocycles. The Bertz CT molecular complexity index is 1450. The number of hydrogen-bond acceptors (Lipinski definition) is 8. The van der Waals surface area contributed by atoms with E-state index in [9.17, 15) is 18.8 Å². The average molecular weight is 538 g/mol. The second-order valence-electron chi connectivity index (χ2n) is 11.5. The molecule has 1 saturated carbocycles. The minimum Gasteiger partial charge on any atom is -0.444 e. The number of aromatic nitrogens is 4. The molecule has 11 nitrogen and oxygen atoms in total. The number of carbonyl (C=O) groups excluding carboxylic acids is 3. The van der Waals surface area contributed by atoms with Gasteiger partial charge in [-0.05, 0) is 59.1 Å². The van der Waals surface area contributed by atoms with Gasteiger partial charge in [0, 0.05) is 30.4 Å². The van der Waals surface area contributed by atoms with E-state index in [1.807, 2.05) is 11.8 Å². The monoisotopic (exact) mass is 537 g/mol. The summed E-state index contributed by atoms with van der Waals surface area (Å²) in [5.41, 5.74) is 0.482. The number of amides is 2. The molecule has 1 aromatic carbocycles. The van der Waals surface area contributed by atoms with E-state index in [1.54, 1.807) is 31.4 Å². The molecule has 2 N–H and O–H groups in total. The molecule has 0 unspecified atom stereocenters. The highest BCUT2D eigenvalue weighted by molar-refractivity contribution is 5.93. The van der Waals surface area contributed by atoms with E-state index in [4.69, 9.17) is 4.74 Å². The first-order valence-electron chi connectivity index (χ1n) is 13.0. The van der Waals surface area contributed by atoms with Crippen molar-refractivity contribution >= 4 is 41.0 Å². The zero-order valence-corrected chi connectivity index (χ0v) is 22.5. The van der Waals surface area contributed by atoms with Crippen LogP contribution in [0.15, 0.2) is 24.8 Å².